The van der Waals surface area contributed by atoms with Gasteiger partial charge in [-0.1, -0.05) is 17.7 Å². The largest absolute Gasteiger partial charge is 0.379 e. The molecule has 1 aromatic heterocycles. The van der Waals surface area contributed by atoms with E-state index in [1.165, 1.54) is 0 Å². The Hall–Kier alpha value is -1.59. The van der Waals surface area contributed by atoms with Crippen LogP contribution in [-0.4, -0.2) is 10.9 Å². The third-order valence-corrected chi connectivity index (χ3v) is 3.24. The van der Waals surface area contributed by atoms with Gasteiger partial charge in [0.25, 0.3) is 0 Å². The summed E-state index contributed by atoms with van der Waals surface area (Å²) in [6, 6.07) is 10.7. The van der Waals surface area contributed by atoms with Crippen molar-refractivity contribution >= 4 is 39.1 Å². The van der Waals surface area contributed by atoms with Crippen molar-refractivity contribution in [3.8, 4) is 0 Å². The monoisotopic (exact) mass is 339 g/mol. The number of anilines is 1. The number of carbonyl (C=O) groups excluding carboxylic acids is 1. The summed E-state index contributed by atoms with van der Waals surface area (Å²) >= 11 is 9.28. The predicted octanol–water partition coefficient (Wildman–Crippen LogP) is 3.21. The van der Waals surface area contributed by atoms with Crippen LogP contribution in [0.1, 0.15) is 16.1 Å². The molecule has 6 heteroatoms. The second-order valence-electron chi connectivity index (χ2n) is 3.86. The summed E-state index contributed by atoms with van der Waals surface area (Å²) in [6.07, 6.45) is 0. The first-order valence-electron chi connectivity index (χ1n) is 5.51. The van der Waals surface area contributed by atoms with E-state index in [9.17, 15) is 4.79 Å². The topological polar surface area (TPSA) is 68.0 Å². The standard InChI is InChI=1S/C13H11BrClN3O/c14-12-3-1-2-9(18-12)7-17-8-4-5-10(13(16)19)11(15)6-8/h1-6,17H,7H2,(H2,16,19). The highest BCUT2D eigenvalue weighted by molar-refractivity contribution is 9.10. The van der Waals surface area contributed by atoms with Gasteiger partial charge in [0, 0.05) is 5.69 Å². The molecule has 3 N–H and O–H groups in total. The number of nitrogens with two attached hydrogens (primary N) is 1. The third-order valence-electron chi connectivity index (χ3n) is 2.48. The van der Waals surface area contributed by atoms with E-state index in [4.69, 9.17) is 17.3 Å². The van der Waals surface area contributed by atoms with Crippen molar-refractivity contribution in [2.75, 3.05) is 5.32 Å². The van der Waals surface area contributed by atoms with Crippen molar-refractivity contribution in [2.45, 2.75) is 6.54 Å². The Bertz CT molecular complexity index is 619. The molecule has 0 aliphatic rings. The molecule has 0 aliphatic carbocycles. The molecule has 1 aromatic carbocycles. The molecule has 0 fully saturated rings. The summed E-state index contributed by atoms with van der Waals surface area (Å²) in [4.78, 5) is 15.4. The fourth-order valence-electron chi connectivity index (χ4n) is 1.57. The van der Waals surface area contributed by atoms with Crippen LogP contribution in [-0.2, 0) is 6.54 Å². The number of pyridine rings is 1. The minimum absolute atomic E-state index is 0.313. The average molecular weight is 341 g/mol. The lowest BCUT2D eigenvalue weighted by Crippen LogP contribution is -2.11. The number of aromatic nitrogens is 1. The first kappa shape index (κ1) is 13.8. The van der Waals surface area contributed by atoms with Gasteiger partial charge >= 0.3 is 0 Å². The molecule has 0 radical (unpaired) electrons. The minimum Gasteiger partial charge on any atom is -0.379 e. The maximum atomic E-state index is 11.1. The van der Waals surface area contributed by atoms with Crippen LogP contribution in [0.3, 0.4) is 0 Å². The van der Waals surface area contributed by atoms with E-state index in [0.29, 0.717) is 17.1 Å². The molecule has 0 bridgehead atoms. The van der Waals surface area contributed by atoms with E-state index in [1.54, 1.807) is 18.2 Å². The number of nitrogens with one attached hydrogen (secondary N) is 1. The summed E-state index contributed by atoms with van der Waals surface area (Å²) in [6.45, 7) is 0.561. The average Bonchev–Trinajstić information content (AvgIpc) is 2.36. The lowest BCUT2D eigenvalue weighted by Gasteiger charge is -2.08. The van der Waals surface area contributed by atoms with Crippen molar-refractivity contribution < 1.29 is 4.79 Å². The van der Waals surface area contributed by atoms with Gasteiger partial charge in [-0.25, -0.2) is 4.98 Å². The van der Waals surface area contributed by atoms with E-state index in [2.05, 4.69) is 26.2 Å². The zero-order chi connectivity index (χ0) is 13.8. The van der Waals surface area contributed by atoms with Gasteiger partial charge in [0.15, 0.2) is 0 Å². The minimum atomic E-state index is -0.537. The SMILES string of the molecule is NC(=O)c1ccc(NCc2cccc(Br)n2)cc1Cl. The Labute approximate surface area is 124 Å². The molecular formula is C13H11BrClN3O. The van der Waals surface area contributed by atoms with Crippen LogP contribution in [0.25, 0.3) is 0 Å². The first-order valence-corrected chi connectivity index (χ1v) is 6.68. The summed E-state index contributed by atoms with van der Waals surface area (Å²) in [5, 5.41) is 3.51. The lowest BCUT2D eigenvalue weighted by atomic mass is 10.2. The smallest absolute Gasteiger partial charge is 0.250 e. The highest BCUT2D eigenvalue weighted by atomic mass is 79.9. The second kappa shape index (κ2) is 6.04. The van der Waals surface area contributed by atoms with E-state index in [-0.39, 0.29) is 0 Å². The molecule has 1 amide bonds. The maximum absolute atomic E-state index is 11.1. The zero-order valence-corrected chi connectivity index (χ0v) is 12.2. The number of primary amides is 1. The zero-order valence-electron chi connectivity index (χ0n) is 9.86. The molecule has 0 unspecified atom stereocenters. The van der Waals surface area contributed by atoms with Crippen molar-refractivity contribution in [1.29, 1.82) is 0 Å². The van der Waals surface area contributed by atoms with Gasteiger partial charge < -0.3 is 11.1 Å². The van der Waals surface area contributed by atoms with Crippen molar-refractivity contribution in [3.05, 3.63) is 57.3 Å². The molecular weight excluding hydrogens is 330 g/mol. The quantitative estimate of drug-likeness (QED) is 0.840. The van der Waals surface area contributed by atoms with Crippen LogP contribution in [0.15, 0.2) is 41.0 Å². The Kier molecular flexibility index (Phi) is 4.39. The van der Waals surface area contributed by atoms with Gasteiger partial charge in [0.05, 0.1) is 22.8 Å². The highest BCUT2D eigenvalue weighted by Gasteiger charge is 2.06. The van der Waals surface area contributed by atoms with Crippen molar-refractivity contribution in [2.24, 2.45) is 5.73 Å². The van der Waals surface area contributed by atoms with Gasteiger partial charge in [-0.2, -0.15) is 0 Å². The number of benzene rings is 1. The van der Waals surface area contributed by atoms with E-state index < -0.39 is 5.91 Å². The van der Waals surface area contributed by atoms with Gasteiger partial charge in [0.2, 0.25) is 5.91 Å². The van der Waals surface area contributed by atoms with Crippen LogP contribution in [0.2, 0.25) is 5.02 Å². The molecule has 1 heterocycles. The van der Waals surface area contributed by atoms with Gasteiger partial charge in [-0.3, -0.25) is 4.79 Å². The maximum Gasteiger partial charge on any atom is 0.250 e. The number of rotatable bonds is 4. The Morgan fingerprint density at radius 1 is 1.37 bits per heavy atom. The van der Waals surface area contributed by atoms with Gasteiger partial charge in [0.1, 0.15) is 4.60 Å². The van der Waals surface area contributed by atoms with Crippen LogP contribution in [0.4, 0.5) is 5.69 Å². The summed E-state index contributed by atoms with van der Waals surface area (Å²) in [7, 11) is 0. The molecule has 4 nitrogen and oxygen atoms in total. The molecule has 0 saturated heterocycles. The number of carbonyl (C=O) groups is 1. The number of hydrogen-bond donors (Lipinski definition) is 2. The number of halogens is 2. The first-order chi connectivity index (χ1) is 9.06. The van der Waals surface area contributed by atoms with Crippen molar-refractivity contribution in [1.82, 2.24) is 4.98 Å². The summed E-state index contributed by atoms with van der Waals surface area (Å²) in [5.41, 5.74) is 7.20. The molecule has 0 aliphatic heterocycles. The van der Waals surface area contributed by atoms with Crippen LogP contribution in [0, 0.1) is 0 Å². The van der Waals surface area contributed by atoms with E-state index >= 15 is 0 Å². The van der Waals surface area contributed by atoms with Crippen LogP contribution >= 0.6 is 27.5 Å². The molecule has 0 spiro atoms. The Morgan fingerprint density at radius 3 is 2.79 bits per heavy atom. The molecule has 2 aromatic rings. The fourth-order valence-corrected chi connectivity index (χ4v) is 2.22. The predicted molar refractivity (Wildman–Crippen MR) is 79.2 cm³/mol. The fraction of sp³-hybridized carbons (Fsp3) is 0.0769. The lowest BCUT2D eigenvalue weighted by molar-refractivity contribution is 0.100. The number of amides is 1. The molecule has 98 valence electrons. The number of nitrogens with zero attached hydrogens (tertiary/aromatic N) is 1. The second-order valence-corrected chi connectivity index (χ2v) is 5.08. The Balaban J connectivity index is 2.08. The third kappa shape index (κ3) is 3.68. The van der Waals surface area contributed by atoms with Crippen LogP contribution < -0.4 is 11.1 Å². The van der Waals surface area contributed by atoms with Crippen molar-refractivity contribution in [3.63, 3.8) is 0 Å². The molecule has 0 atom stereocenters. The number of hydrogen-bond acceptors (Lipinski definition) is 3. The molecule has 0 saturated carbocycles. The molecule has 19 heavy (non-hydrogen) atoms. The van der Waals surface area contributed by atoms with Crippen LogP contribution in [0.5, 0.6) is 0 Å². The van der Waals surface area contributed by atoms with E-state index in [0.717, 1.165) is 16.0 Å². The normalized spacial score (nSPS) is 10.2. The van der Waals surface area contributed by atoms with Gasteiger partial charge in [-0.15, -0.1) is 0 Å². The van der Waals surface area contributed by atoms with E-state index in [1.807, 2.05) is 18.2 Å². The highest BCUT2D eigenvalue weighted by Crippen LogP contribution is 2.21. The molecule has 2 rings (SSSR count). The Morgan fingerprint density at radius 2 is 2.16 bits per heavy atom. The summed E-state index contributed by atoms with van der Waals surface area (Å²) < 4.78 is 0.786. The van der Waals surface area contributed by atoms with Gasteiger partial charge in [-0.05, 0) is 46.3 Å². The summed E-state index contributed by atoms with van der Waals surface area (Å²) in [5.74, 6) is -0.537.